The fourth-order valence-corrected chi connectivity index (χ4v) is 1.45. The minimum Gasteiger partial charge on any atom is -0.261 e. The molecule has 1 nitrogen and oxygen atoms in total. The van der Waals surface area contributed by atoms with Crippen molar-refractivity contribution >= 4 is 0 Å². The number of aromatic nitrogens is 1. The fraction of sp³-hybridized carbons (Fsp3) is 0.643. The van der Waals surface area contributed by atoms with Gasteiger partial charge in [0.05, 0.1) is 0 Å². The zero-order valence-corrected chi connectivity index (χ0v) is 10.9. The molecule has 0 N–H and O–H groups in total. The van der Waals surface area contributed by atoms with E-state index in [1.807, 2.05) is 6.20 Å². The summed E-state index contributed by atoms with van der Waals surface area (Å²) in [5.74, 6) is 0. The van der Waals surface area contributed by atoms with Gasteiger partial charge in [-0.25, -0.2) is 0 Å². The Hall–Kier alpha value is -0.850. The van der Waals surface area contributed by atoms with Crippen LogP contribution in [0.5, 0.6) is 0 Å². The highest BCUT2D eigenvalue weighted by Gasteiger charge is 2.22. The van der Waals surface area contributed by atoms with Gasteiger partial charge < -0.3 is 0 Å². The molecule has 1 heteroatoms. The lowest BCUT2D eigenvalue weighted by atomic mass is 9.81. The van der Waals surface area contributed by atoms with Gasteiger partial charge in [0.2, 0.25) is 0 Å². The van der Waals surface area contributed by atoms with E-state index in [1.165, 1.54) is 11.3 Å². The molecule has 0 fully saturated rings. The minimum atomic E-state index is 0.182. The molecule has 0 atom stereocenters. The van der Waals surface area contributed by atoms with Crippen LogP contribution in [-0.4, -0.2) is 4.98 Å². The molecule has 0 aliphatic heterocycles. The lowest BCUT2D eigenvalue weighted by molar-refractivity contribution is 0.486. The summed E-state index contributed by atoms with van der Waals surface area (Å²) in [6.45, 7) is 13.4. The van der Waals surface area contributed by atoms with Crippen molar-refractivity contribution in [1.29, 1.82) is 0 Å². The molecule has 0 spiro atoms. The van der Waals surface area contributed by atoms with Crippen LogP contribution in [0.15, 0.2) is 18.3 Å². The molecule has 0 aliphatic carbocycles. The summed E-state index contributed by atoms with van der Waals surface area (Å²) in [5.41, 5.74) is 2.97. The second-order valence-electron chi connectivity index (χ2n) is 5.92. The molecule has 0 saturated heterocycles. The van der Waals surface area contributed by atoms with Gasteiger partial charge in [0.15, 0.2) is 0 Å². The molecule has 1 aromatic rings. The first-order chi connectivity index (χ1) is 6.77. The predicted octanol–water partition coefficient (Wildman–Crippen LogP) is 4.07. The standard InChI is InChI=1S/C14H23N/c1-7-14(5,6)12-10-11(8-9-15-12)13(2,3)4/h8-10H,7H2,1-6H3. The maximum Gasteiger partial charge on any atom is 0.0462 e. The lowest BCUT2D eigenvalue weighted by Crippen LogP contribution is -2.19. The molecule has 1 rings (SSSR count). The van der Waals surface area contributed by atoms with Crippen molar-refractivity contribution in [3.63, 3.8) is 0 Å². The topological polar surface area (TPSA) is 12.9 Å². The van der Waals surface area contributed by atoms with Gasteiger partial charge >= 0.3 is 0 Å². The first-order valence-corrected chi connectivity index (χ1v) is 5.74. The molecule has 1 heterocycles. The van der Waals surface area contributed by atoms with Gasteiger partial charge in [0, 0.05) is 17.3 Å². The van der Waals surface area contributed by atoms with Crippen LogP contribution in [0.25, 0.3) is 0 Å². The smallest absolute Gasteiger partial charge is 0.0462 e. The minimum absolute atomic E-state index is 0.182. The van der Waals surface area contributed by atoms with Crippen molar-refractivity contribution in [3.8, 4) is 0 Å². The Labute approximate surface area is 93.9 Å². The quantitative estimate of drug-likeness (QED) is 0.709. The van der Waals surface area contributed by atoms with Gasteiger partial charge in [-0.1, -0.05) is 41.5 Å². The van der Waals surface area contributed by atoms with Gasteiger partial charge in [-0.05, 0) is 29.5 Å². The summed E-state index contributed by atoms with van der Waals surface area (Å²) in [5, 5.41) is 0. The van der Waals surface area contributed by atoms with Crippen LogP contribution < -0.4 is 0 Å². The maximum absolute atomic E-state index is 4.50. The Kier molecular flexibility index (Phi) is 3.22. The van der Waals surface area contributed by atoms with Crippen molar-refractivity contribution in [1.82, 2.24) is 4.98 Å². The van der Waals surface area contributed by atoms with E-state index in [0.29, 0.717) is 0 Å². The lowest BCUT2D eigenvalue weighted by Gasteiger charge is -2.25. The molecular formula is C14H23N. The van der Waals surface area contributed by atoms with Gasteiger partial charge in [-0.15, -0.1) is 0 Å². The monoisotopic (exact) mass is 205 g/mol. The molecular weight excluding hydrogens is 182 g/mol. The molecule has 84 valence electrons. The average molecular weight is 205 g/mol. The zero-order valence-electron chi connectivity index (χ0n) is 10.9. The molecule has 0 radical (unpaired) electrons. The van der Waals surface area contributed by atoms with Crippen LogP contribution in [0, 0.1) is 0 Å². The third kappa shape index (κ3) is 2.80. The number of pyridine rings is 1. The van der Waals surface area contributed by atoms with Crippen molar-refractivity contribution in [3.05, 3.63) is 29.6 Å². The van der Waals surface area contributed by atoms with Crippen molar-refractivity contribution in [2.75, 3.05) is 0 Å². The second-order valence-corrected chi connectivity index (χ2v) is 5.92. The van der Waals surface area contributed by atoms with Crippen LogP contribution in [0.4, 0.5) is 0 Å². The molecule has 0 aromatic carbocycles. The molecule has 0 unspecified atom stereocenters. The highest BCUT2D eigenvalue weighted by Crippen LogP contribution is 2.29. The van der Waals surface area contributed by atoms with Crippen molar-refractivity contribution < 1.29 is 0 Å². The predicted molar refractivity (Wildman–Crippen MR) is 66.3 cm³/mol. The van der Waals surface area contributed by atoms with Crippen molar-refractivity contribution in [2.24, 2.45) is 0 Å². The Morgan fingerprint density at radius 1 is 1.13 bits per heavy atom. The summed E-state index contributed by atoms with van der Waals surface area (Å²) in [4.78, 5) is 4.50. The molecule has 0 amide bonds. The van der Waals surface area contributed by atoms with E-state index in [-0.39, 0.29) is 10.8 Å². The Morgan fingerprint density at radius 2 is 1.73 bits per heavy atom. The first-order valence-electron chi connectivity index (χ1n) is 5.74. The third-order valence-electron chi connectivity index (χ3n) is 3.20. The second kappa shape index (κ2) is 3.96. The van der Waals surface area contributed by atoms with E-state index in [2.05, 4.69) is 58.7 Å². The normalized spacial score (nSPS) is 12.9. The van der Waals surface area contributed by atoms with Crippen LogP contribution in [0.1, 0.15) is 59.2 Å². The highest BCUT2D eigenvalue weighted by molar-refractivity contribution is 5.27. The van der Waals surface area contributed by atoms with Gasteiger partial charge in [-0.2, -0.15) is 0 Å². The average Bonchev–Trinajstić information content (AvgIpc) is 2.17. The summed E-state index contributed by atoms with van der Waals surface area (Å²) in [6, 6.07) is 4.37. The van der Waals surface area contributed by atoms with Crippen LogP contribution >= 0.6 is 0 Å². The zero-order chi connectivity index (χ0) is 11.7. The number of nitrogens with zero attached hydrogens (tertiary/aromatic N) is 1. The largest absolute Gasteiger partial charge is 0.261 e. The van der Waals surface area contributed by atoms with Crippen LogP contribution in [0.3, 0.4) is 0 Å². The number of rotatable bonds is 2. The van der Waals surface area contributed by atoms with E-state index < -0.39 is 0 Å². The summed E-state index contributed by atoms with van der Waals surface area (Å²) in [6.07, 6.45) is 3.06. The third-order valence-corrected chi connectivity index (χ3v) is 3.20. The van der Waals surface area contributed by atoms with Crippen LogP contribution in [0.2, 0.25) is 0 Å². The summed E-state index contributed by atoms with van der Waals surface area (Å²) < 4.78 is 0. The van der Waals surface area contributed by atoms with Crippen molar-refractivity contribution in [2.45, 2.75) is 58.8 Å². The van der Waals surface area contributed by atoms with E-state index >= 15 is 0 Å². The maximum atomic E-state index is 4.50. The van der Waals surface area contributed by atoms with E-state index in [1.54, 1.807) is 0 Å². The fourth-order valence-electron chi connectivity index (χ4n) is 1.45. The Bertz CT molecular complexity index is 331. The Morgan fingerprint density at radius 3 is 2.20 bits per heavy atom. The molecule has 0 bridgehead atoms. The van der Waals surface area contributed by atoms with E-state index in [0.717, 1.165) is 6.42 Å². The highest BCUT2D eigenvalue weighted by atomic mass is 14.7. The van der Waals surface area contributed by atoms with Gasteiger partial charge in [0.1, 0.15) is 0 Å². The van der Waals surface area contributed by atoms with E-state index in [9.17, 15) is 0 Å². The van der Waals surface area contributed by atoms with Crippen LogP contribution in [-0.2, 0) is 10.8 Å². The number of hydrogen-bond acceptors (Lipinski definition) is 1. The molecule has 15 heavy (non-hydrogen) atoms. The number of hydrogen-bond donors (Lipinski definition) is 0. The van der Waals surface area contributed by atoms with Gasteiger partial charge in [0.25, 0.3) is 0 Å². The first kappa shape index (κ1) is 12.2. The summed E-state index contributed by atoms with van der Waals surface area (Å²) in [7, 11) is 0. The molecule has 0 aliphatic rings. The SMILES string of the molecule is CCC(C)(C)c1cc(C(C)(C)C)ccn1. The molecule has 0 saturated carbocycles. The molecule has 1 aromatic heterocycles. The Balaban J connectivity index is 3.14. The van der Waals surface area contributed by atoms with E-state index in [4.69, 9.17) is 0 Å². The van der Waals surface area contributed by atoms with Gasteiger partial charge in [-0.3, -0.25) is 4.98 Å². The summed E-state index contributed by atoms with van der Waals surface area (Å²) >= 11 is 0.